The Morgan fingerprint density at radius 2 is 1.57 bits per heavy atom. The fourth-order valence-electron chi connectivity index (χ4n) is 5.09. The van der Waals surface area contributed by atoms with Crippen LogP contribution in [0.3, 0.4) is 0 Å². The van der Waals surface area contributed by atoms with E-state index in [1.807, 2.05) is 11.9 Å². The summed E-state index contributed by atoms with van der Waals surface area (Å²) in [5, 5.41) is 10.2. The highest BCUT2D eigenvalue weighted by molar-refractivity contribution is 5.79. The fourth-order valence-corrected chi connectivity index (χ4v) is 5.09. The summed E-state index contributed by atoms with van der Waals surface area (Å²) in [6, 6.07) is 0.0651. The molecule has 1 N–H and O–H groups in total. The van der Waals surface area contributed by atoms with Crippen molar-refractivity contribution in [3.8, 4) is 0 Å². The summed E-state index contributed by atoms with van der Waals surface area (Å²) < 4.78 is 0. The van der Waals surface area contributed by atoms with Crippen molar-refractivity contribution in [1.29, 1.82) is 0 Å². The highest BCUT2D eigenvalue weighted by Gasteiger charge is 2.38. The average Bonchev–Trinajstić information content (AvgIpc) is 2.53. The Morgan fingerprint density at radius 3 is 2.33 bits per heavy atom. The maximum Gasteiger partial charge on any atom is 0.225 e. The Bertz CT molecular complexity index is 370. The lowest BCUT2D eigenvalue weighted by Crippen LogP contribution is -2.49. The SMILES string of the molecule is CN(C(=O)C1CCC2CCCCC2C1)C1CCCCC1O. The molecular weight excluding hydrogens is 262 g/mol. The van der Waals surface area contributed by atoms with Crippen LogP contribution in [-0.4, -0.2) is 35.1 Å². The number of aliphatic hydroxyl groups is 1. The molecule has 3 heteroatoms. The minimum Gasteiger partial charge on any atom is -0.391 e. The van der Waals surface area contributed by atoms with E-state index in [-0.39, 0.29) is 18.1 Å². The maximum absolute atomic E-state index is 12.8. The van der Waals surface area contributed by atoms with Crippen LogP contribution in [0.1, 0.15) is 70.6 Å². The van der Waals surface area contributed by atoms with E-state index in [0.29, 0.717) is 5.91 Å². The quantitative estimate of drug-likeness (QED) is 0.848. The van der Waals surface area contributed by atoms with Gasteiger partial charge in [0, 0.05) is 13.0 Å². The van der Waals surface area contributed by atoms with E-state index >= 15 is 0 Å². The zero-order chi connectivity index (χ0) is 14.8. The van der Waals surface area contributed by atoms with Crippen LogP contribution < -0.4 is 0 Å². The van der Waals surface area contributed by atoms with Crippen molar-refractivity contribution < 1.29 is 9.90 Å². The molecule has 0 aromatic heterocycles. The van der Waals surface area contributed by atoms with Gasteiger partial charge in [0.05, 0.1) is 12.1 Å². The van der Waals surface area contributed by atoms with Crippen LogP contribution in [0.25, 0.3) is 0 Å². The smallest absolute Gasteiger partial charge is 0.225 e. The van der Waals surface area contributed by atoms with Crippen LogP contribution in [0.4, 0.5) is 0 Å². The van der Waals surface area contributed by atoms with Gasteiger partial charge in [-0.1, -0.05) is 38.5 Å². The number of amides is 1. The van der Waals surface area contributed by atoms with Gasteiger partial charge >= 0.3 is 0 Å². The second-order valence-corrected chi connectivity index (χ2v) is 7.68. The van der Waals surface area contributed by atoms with Gasteiger partial charge in [0.1, 0.15) is 0 Å². The average molecular weight is 293 g/mol. The van der Waals surface area contributed by atoms with E-state index in [4.69, 9.17) is 0 Å². The molecule has 0 bridgehead atoms. The normalized spacial score (nSPS) is 40.4. The number of likely N-dealkylation sites (N-methyl/N-ethyl adjacent to an activating group) is 1. The zero-order valence-corrected chi connectivity index (χ0v) is 13.5. The highest BCUT2D eigenvalue weighted by Crippen LogP contribution is 2.43. The van der Waals surface area contributed by atoms with E-state index in [1.165, 1.54) is 32.1 Å². The molecule has 120 valence electrons. The molecule has 0 aromatic carbocycles. The number of hydrogen-bond donors (Lipinski definition) is 1. The van der Waals surface area contributed by atoms with Crippen molar-refractivity contribution in [1.82, 2.24) is 4.90 Å². The minimum atomic E-state index is -0.307. The lowest BCUT2D eigenvalue weighted by molar-refractivity contribution is -0.142. The number of carbonyl (C=O) groups is 1. The lowest BCUT2D eigenvalue weighted by atomic mass is 9.67. The first-order valence-corrected chi connectivity index (χ1v) is 9.11. The van der Waals surface area contributed by atoms with E-state index in [9.17, 15) is 9.90 Å². The summed E-state index contributed by atoms with van der Waals surface area (Å²) in [6.07, 6.45) is 12.7. The lowest BCUT2D eigenvalue weighted by Gasteiger charge is -2.42. The van der Waals surface area contributed by atoms with Crippen molar-refractivity contribution in [2.75, 3.05) is 7.05 Å². The Hall–Kier alpha value is -0.570. The molecule has 0 spiro atoms. The van der Waals surface area contributed by atoms with Crippen molar-refractivity contribution in [2.45, 2.75) is 82.8 Å². The Balaban J connectivity index is 1.59. The molecular formula is C18H31NO2. The third-order valence-electron chi connectivity index (χ3n) is 6.43. The number of fused-ring (bicyclic) bond motifs is 1. The van der Waals surface area contributed by atoms with Gasteiger partial charge in [-0.3, -0.25) is 4.79 Å². The molecule has 0 heterocycles. The monoisotopic (exact) mass is 293 g/mol. The molecule has 5 unspecified atom stereocenters. The molecule has 3 fully saturated rings. The number of carbonyl (C=O) groups excluding carboxylic acids is 1. The molecule has 3 aliphatic carbocycles. The van der Waals surface area contributed by atoms with E-state index < -0.39 is 0 Å². The van der Waals surface area contributed by atoms with Gasteiger partial charge in [0.15, 0.2) is 0 Å². The van der Waals surface area contributed by atoms with E-state index in [2.05, 4.69) is 0 Å². The van der Waals surface area contributed by atoms with Gasteiger partial charge in [-0.2, -0.15) is 0 Å². The van der Waals surface area contributed by atoms with E-state index in [1.54, 1.807) is 0 Å². The maximum atomic E-state index is 12.8. The number of aliphatic hydroxyl groups excluding tert-OH is 1. The van der Waals surface area contributed by atoms with Gasteiger partial charge < -0.3 is 10.0 Å². The van der Waals surface area contributed by atoms with Crippen LogP contribution >= 0.6 is 0 Å². The first-order chi connectivity index (χ1) is 10.2. The highest BCUT2D eigenvalue weighted by atomic mass is 16.3. The minimum absolute atomic E-state index is 0.0651. The second kappa shape index (κ2) is 6.68. The molecule has 1 amide bonds. The van der Waals surface area contributed by atoms with Gasteiger partial charge in [0.25, 0.3) is 0 Å². The molecule has 0 aromatic rings. The van der Waals surface area contributed by atoms with Gasteiger partial charge in [-0.25, -0.2) is 0 Å². The van der Waals surface area contributed by atoms with Crippen LogP contribution in [0, 0.1) is 17.8 Å². The predicted octanol–water partition coefficient (Wildman–Crippen LogP) is 3.35. The number of rotatable bonds is 2. The summed E-state index contributed by atoms with van der Waals surface area (Å²) in [7, 11) is 1.93. The second-order valence-electron chi connectivity index (χ2n) is 7.68. The molecule has 5 atom stereocenters. The van der Waals surface area contributed by atoms with E-state index in [0.717, 1.165) is 50.4 Å². The fraction of sp³-hybridized carbons (Fsp3) is 0.944. The topological polar surface area (TPSA) is 40.5 Å². The van der Waals surface area contributed by atoms with Crippen molar-refractivity contribution in [2.24, 2.45) is 17.8 Å². The van der Waals surface area contributed by atoms with Crippen molar-refractivity contribution >= 4 is 5.91 Å². The summed E-state index contributed by atoms with van der Waals surface area (Å²) in [4.78, 5) is 14.7. The molecule has 3 nitrogen and oxygen atoms in total. The molecule has 3 aliphatic rings. The molecule has 0 saturated heterocycles. The predicted molar refractivity (Wildman–Crippen MR) is 83.8 cm³/mol. The number of nitrogens with zero attached hydrogens (tertiary/aromatic N) is 1. The Labute approximate surface area is 129 Å². The largest absolute Gasteiger partial charge is 0.391 e. The molecule has 21 heavy (non-hydrogen) atoms. The molecule has 3 saturated carbocycles. The molecule has 3 rings (SSSR count). The first-order valence-electron chi connectivity index (χ1n) is 9.11. The van der Waals surface area contributed by atoms with Gasteiger partial charge in [-0.15, -0.1) is 0 Å². The molecule has 0 radical (unpaired) electrons. The summed E-state index contributed by atoms with van der Waals surface area (Å²) in [5.74, 6) is 2.23. The number of hydrogen-bond acceptors (Lipinski definition) is 2. The van der Waals surface area contributed by atoms with Crippen LogP contribution in [0.2, 0.25) is 0 Å². The van der Waals surface area contributed by atoms with Crippen molar-refractivity contribution in [3.63, 3.8) is 0 Å². The summed E-state index contributed by atoms with van der Waals surface area (Å²) in [6.45, 7) is 0. The standard InChI is InChI=1S/C18H31NO2/c1-19(16-8-4-5-9-17(16)20)18(21)15-11-10-13-6-2-3-7-14(13)12-15/h13-17,20H,2-12H2,1H3. The van der Waals surface area contributed by atoms with Crippen LogP contribution in [0.15, 0.2) is 0 Å². The van der Waals surface area contributed by atoms with Crippen molar-refractivity contribution in [3.05, 3.63) is 0 Å². The summed E-state index contributed by atoms with van der Waals surface area (Å²) >= 11 is 0. The zero-order valence-electron chi connectivity index (χ0n) is 13.5. The Morgan fingerprint density at radius 1 is 0.905 bits per heavy atom. The first kappa shape index (κ1) is 15.3. The Kier molecular flexibility index (Phi) is 4.88. The van der Waals surface area contributed by atoms with Gasteiger partial charge in [0.2, 0.25) is 5.91 Å². The molecule has 0 aliphatic heterocycles. The van der Waals surface area contributed by atoms with Crippen LogP contribution in [-0.2, 0) is 4.79 Å². The third kappa shape index (κ3) is 3.28. The van der Waals surface area contributed by atoms with Gasteiger partial charge in [-0.05, 0) is 43.9 Å². The third-order valence-corrected chi connectivity index (χ3v) is 6.43. The summed E-state index contributed by atoms with van der Waals surface area (Å²) in [5.41, 5.74) is 0. The van der Waals surface area contributed by atoms with Crippen LogP contribution in [0.5, 0.6) is 0 Å².